The third-order valence-electron chi connectivity index (χ3n) is 4.78. The van der Waals surface area contributed by atoms with E-state index in [4.69, 9.17) is 9.26 Å². The average Bonchev–Trinajstić information content (AvgIpc) is 2.83. The molecule has 2 heterocycles. The summed E-state index contributed by atoms with van der Waals surface area (Å²) in [6.45, 7) is 8.00. The Morgan fingerprint density at radius 3 is 2.72 bits per heavy atom. The van der Waals surface area contributed by atoms with Crippen LogP contribution in [0.25, 0.3) is 0 Å². The topological polar surface area (TPSA) is 58.8 Å². The van der Waals surface area contributed by atoms with Crippen molar-refractivity contribution in [2.45, 2.75) is 26.8 Å². The van der Waals surface area contributed by atoms with Gasteiger partial charge in [0.2, 0.25) is 0 Å². The molecule has 0 bridgehead atoms. The van der Waals surface area contributed by atoms with Crippen molar-refractivity contribution < 1.29 is 14.1 Å². The van der Waals surface area contributed by atoms with Gasteiger partial charge in [-0.15, -0.1) is 0 Å². The van der Waals surface area contributed by atoms with Crippen molar-refractivity contribution in [2.24, 2.45) is 0 Å². The van der Waals surface area contributed by atoms with Gasteiger partial charge in [0.05, 0.1) is 18.4 Å². The van der Waals surface area contributed by atoms with Gasteiger partial charge in [0.15, 0.2) is 0 Å². The summed E-state index contributed by atoms with van der Waals surface area (Å²) in [6.07, 6.45) is 0.949. The monoisotopic (exact) mass is 343 g/mol. The fraction of sp³-hybridized carbons (Fsp3) is 0.474. The van der Waals surface area contributed by atoms with Gasteiger partial charge in [-0.3, -0.25) is 9.69 Å². The van der Waals surface area contributed by atoms with Gasteiger partial charge in [0.1, 0.15) is 11.5 Å². The number of para-hydroxylation sites is 1. The highest BCUT2D eigenvalue weighted by Crippen LogP contribution is 2.21. The first-order chi connectivity index (χ1) is 12.1. The van der Waals surface area contributed by atoms with E-state index in [9.17, 15) is 4.79 Å². The van der Waals surface area contributed by atoms with Gasteiger partial charge in [-0.2, -0.15) is 0 Å². The van der Waals surface area contributed by atoms with Crippen LogP contribution in [-0.4, -0.2) is 54.2 Å². The second kappa shape index (κ2) is 7.70. The molecule has 1 amide bonds. The minimum atomic E-state index is 0.0386. The molecule has 1 aliphatic rings. The van der Waals surface area contributed by atoms with Gasteiger partial charge in [0, 0.05) is 38.3 Å². The summed E-state index contributed by atoms with van der Waals surface area (Å²) < 4.78 is 10.6. The molecule has 6 nitrogen and oxygen atoms in total. The third kappa shape index (κ3) is 3.85. The van der Waals surface area contributed by atoms with E-state index in [-0.39, 0.29) is 5.91 Å². The molecule has 0 aliphatic carbocycles. The van der Waals surface area contributed by atoms with Crippen LogP contribution < -0.4 is 4.74 Å². The van der Waals surface area contributed by atoms with Crippen LogP contribution in [0.1, 0.15) is 33.8 Å². The molecule has 1 aromatic heterocycles. The number of benzene rings is 1. The van der Waals surface area contributed by atoms with E-state index in [1.807, 2.05) is 43.0 Å². The van der Waals surface area contributed by atoms with Crippen molar-refractivity contribution in [3.8, 4) is 5.75 Å². The van der Waals surface area contributed by atoms with E-state index >= 15 is 0 Å². The van der Waals surface area contributed by atoms with Gasteiger partial charge >= 0.3 is 0 Å². The lowest BCUT2D eigenvalue weighted by molar-refractivity contribution is 0.0757. The molecule has 0 radical (unpaired) electrons. The summed E-state index contributed by atoms with van der Waals surface area (Å²) in [6, 6.07) is 7.41. The molecule has 0 spiro atoms. The number of amides is 1. The number of hydrogen-bond acceptors (Lipinski definition) is 5. The molecule has 134 valence electrons. The van der Waals surface area contributed by atoms with Crippen molar-refractivity contribution in [3.63, 3.8) is 0 Å². The van der Waals surface area contributed by atoms with Crippen LogP contribution in [0.15, 0.2) is 28.8 Å². The summed E-state index contributed by atoms with van der Waals surface area (Å²) in [5.74, 6) is 1.55. The number of aromatic nitrogens is 1. The number of hydrogen-bond donors (Lipinski definition) is 0. The predicted molar refractivity (Wildman–Crippen MR) is 94.8 cm³/mol. The maximum atomic E-state index is 12.9. The van der Waals surface area contributed by atoms with Gasteiger partial charge in [-0.25, -0.2) is 0 Å². The molecule has 0 unspecified atom stereocenters. The summed E-state index contributed by atoms with van der Waals surface area (Å²) in [4.78, 5) is 17.2. The zero-order valence-electron chi connectivity index (χ0n) is 15.1. The Bertz CT molecular complexity index is 722. The first kappa shape index (κ1) is 17.5. The minimum absolute atomic E-state index is 0.0386. The number of ether oxygens (including phenoxy) is 1. The van der Waals surface area contributed by atoms with Crippen LogP contribution in [0.5, 0.6) is 5.75 Å². The summed E-state index contributed by atoms with van der Waals surface area (Å²) >= 11 is 0. The lowest BCUT2D eigenvalue weighted by atomic mass is 10.1. The maximum absolute atomic E-state index is 12.9. The van der Waals surface area contributed by atoms with Crippen molar-refractivity contribution in [2.75, 3.05) is 33.3 Å². The summed E-state index contributed by atoms with van der Waals surface area (Å²) in [7, 11) is 1.60. The third-order valence-corrected chi connectivity index (χ3v) is 4.78. The zero-order valence-corrected chi connectivity index (χ0v) is 15.1. The lowest BCUT2D eigenvalue weighted by Crippen LogP contribution is -2.35. The second-order valence-corrected chi connectivity index (χ2v) is 6.42. The highest BCUT2D eigenvalue weighted by atomic mass is 16.5. The van der Waals surface area contributed by atoms with Crippen LogP contribution in [0.4, 0.5) is 0 Å². The van der Waals surface area contributed by atoms with Gasteiger partial charge in [-0.1, -0.05) is 17.3 Å². The van der Waals surface area contributed by atoms with Crippen LogP contribution in [0.2, 0.25) is 0 Å². The summed E-state index contributed by atoms with van der Waals surface area (Å²) in [5.41, 5.74) is 2.73. The molecule has 2 aromatic rings. The fourth-order valence-electron chi connectivity index (χ4n) is 3.28. The number of carbonyl (C=O) groups is 1. The molecule has 0 atom stereocenters. The van der Waals surface area contributed by atoms with Crippen molar-refractivity contribution >= 4 is 5.91 Å². The van der Waals surface area contributed by atoms with Crippen LogP contribution in [-0.2, 0) is 6.54 Å². The van der Waals surface area contributed by atoms with Crippen LogP contribution in [0.3, 0.4) is 0 Å². The van der Waals surface area contributed by atoms with Crippen LogP contribution >= 0.6 is 0 Å². The Labute approximate surface area is 148 Å². The first-order valence-electron chi connectivity index (χ1n) is 8.66. The van der Waals surface area contributed by atoms with E-state index in [0.717, 1.165) is 49.6 Å². The fourth-order valence-corrected chi connectivity index (χ4v) is 3.28. The number of methoxy groups -OCH3 is 1. The van der Waals surface area contributed by atoms with E-state index in [1.165, 1.54) is 0 Å². The molecule has 1 aromatic carbocycles. The SMILES string of the molecule is COc1ccccc1C(=O)N1CCCN(Cc2c(C)noc2C)CC1. The smallest absolute Gasteiger partial charge is 0.257 e. The average molecular weight is 343 g/mol. The van der Waals surface area contributed by atoms with Gasteiger partial charge in [-0.05, 0) is 32.4 Å². The van der Waals surface area contributed by atoms with Gasteiger partial charge < -0.3 is 14.2 Å². The largest absolute Gasteiger partial charge is 0.496 e. The summed E-state index contributed by atoms with van der Waals surface area (Å²) in [5, 5.41) is 4.03. The van der Waals surface area contributed by atoms with Crippen molar-refractivity contribution in [1.82, 2.24) is 15.0 Å². The molecule has 0 N–H and O–H groups in total. The molecule has 25 heavy (non-hydrogen) atoms. The minimum Gasteiger partial charge on any atom is -0.496 e. The molecule has 1 saturated heterocycles. The molecule has 6 heteroatoms. The second-order valence-electron chi connectivity index (χ2n) is 6.42. The van der Waals surface area contributed by atoms with Gasteiger partial charge in [0.25, 0.3) is 5.91 Å². The molecule has 0 saturated carbocycles. The van der Waals surface area contributed by atoms with E-state index < -0.39 is 0 Å². The Hall–Kier alpha value is -2.34. The highest BCUT2D eigenvalue weighted by Gasteiger charge is 2.23. The Kier molecular flexibility index (Phi) is 5.38. The zero-order chi connectivity index (χ0) is 17.8. The molecule has 1 aliphatic heterocycles. The van der Waals surface area contributed by atoms with E-state index in [2.05, 4.69) is 10.1 Å². The first-order valence-corrected chi connectivity index (χ1v) is 8.66. The number of nitrogens with zero attached hydrogens (tertiary/aromatic N) is 3. The van der Waals surface area contributed by atoms with Crippen LogP contribution in [0, 0.1) is 13.8 Å². The number of aryl methyl sites for hydroxylation is 2. The number of rotatable bonds is 4. The quantitative estimate of drug-likeness (QED) is 0.854. The Morgan fingerprint density at radius 2 is 2.00 bits per heavy atom. The molecular formula is C19H25N3O3. The predicted octanol–water partition coefficient (Wildman–Crippen LogP) is 2.65. The Balaban J connectivity index is 1.66. The standard InChI is InChI=1S/C19H25N3O3/c1-14-17(15(2)25-20-14)13-21-9-6-10-22(12-11-21)19(23)16-7-4-5-8-18(16)24-3/h4-5,7-8H,6,9-13H2,1-3H3. The lowest BCUT2D eigenvalue weighted by Gasteiger charge is -2.22. The van der Waals surface area contributed by atoms with Crippen molar-refractivity contribution in [3.05, 3.63) is 46.8 Å². The molecule has 3 rings (SSSR count). The van der Waals surface area contributed by atoms with E-state index in [1.54, 1.807) is 7.11 Å². The Morgan fingerprint density at radius 1 is 1.20 bits per heavy atom. The maximum Gasteiger partial charge on any atom is 0.257 e. The molecule has 1 fully saturated rings. The number of carbonyl (C=O) groups excluding carboxylic acids is 1. The highest BCUT2D eigenvalue weighted by molar-refractivity contribution is 5.97. The normalized spacial score (nSPS) is 15.9. The van der Waals surface area contributed by atoms with E-state index in [0.29, 0.717) is 17.9 Å². The van der Waals surface area contributed by atoms with Crippen molar-refractivity contribution in [1.29, 1.82) is 0 Å². The molecular weight excluding hydrogens is 318 g/mol.